The fourth-order valence-corrected chi connectivity index (χ4v) is 6.01. The number of nitrogens with zero attached hydrogens (tertiary/aromatic N) is 3. The summed E-state index contributed by atoms with van der Waals surface area (Å²) in [7, 11) is -6.27. The molecule has 0 aromatic heterocycles. The Labute approximate surface area is 188 Å². The Kier molecular flexibility index (Phi) is 6.06. The standard InChI is InChI=1S/C21H24N4O5S2/c1-24(15-16-7-3-2-4-8-16)32(29,30)23-21(26)17-11-13-25(14-12-17)20-18-9-5-6-10-19(18)31(27,28)22-20/h2-10,17H,11-15H2,1H3,(H,23,26). The van der Waals surface area contributed by atoms with Gasteiger partial charge in [0.25, 0.3) is 10.0 Å². The van der Waals surface area contributed by atoms with Crippen molar-refractivity contribution in [1.82, 2.24) is 13.9 Å². The average molecular weight is 477 g/mol. The van der Waals surface area contributed by atoms with Crippen LogP contribution in [-0.4, -0.2) is 57.9 Å². The van der Waals surface area contributed by atoms with Crippen LogP contribution in [0.1, 0.15) is 24.0 Å². The van der Waals surface area contributed by atoms with E-state index in [0.29, 0.717) is 37.3 Å². The zero-order chi connectivity index (χ0) is 22.9. The number of likely N-dealkylation sites (tertiary alicyclic amines) is 1. The maximum absolute atomic E-state index is 12.6. The summed E-state index contributed by atoms with van der Waals surface area (Å²) in [4.78, 5) is 14.7. The summed E-state index contributed by atoms with van der Waals surface area (Å²) in [6, 6.07) is 15.8. The molecule has 9 nitrogen and oxygen atoms in total. The molecular formula is C21H24N4O5S2. The number of sulfonamides is 1. The number of carbonyl (C=O) groups is 1. The van der Waals surface area contributed by atoms with E-state index < -0.39 is 32.1 Å². The summed E-state index contributed by atoms with van der Waals surface area (Å²) in [6.07, 6.45) is 0.788. The molecule has 2 aliphatic rings. The van der Waals surface area contributed by atoms with Gasteiger partial charge < -0.3 is 4.90 Å². The lowest BCUT2D eigenvalue weighted by atomic mass is 9.96. The number of rotatable bonds is 5. The van der Waals surface area contributed by atoms with E-state index >= 15 is 0 Å². The summed E-state index contributed by atoms with van der Waals surface area (Å²) < 4.78 is 56.9. The molecule has 0 spiro atoms. The van der Waals surface area contributed by atoms with E-state index in [1.165, 1.54) is 13.1 Å². The van der Waals surface area contributed by atoms with E-state index in [0.717, 1.165) is 9.87 Å². The molecule has 0 aliphatic carbocycles. The first-order valence-corrected chi connectivity index (χ1v) is 13.1. The molecule has 0 bridgehead atoms. The van der Waals surface area contributed by atoms with E-state index in [4.69, 9.17) is 0 Å². The van der Waals surface area contributed by atoms with Crippen molar-refractivity contribution in [3.8, 4) is 0 Å². The molecule has 0 unspecified atom stereocenters. The first-order valence-electron chi connectivity index (χ1n) is 10.2. The van der Waals surface area contributed by atoms with Gasteiger partial charge in [-0.2, -0.15) is 21.1 Å². The molecule has 1 N–H and O–H groups in total. The highest BCUT2D eigenvalue weighted by atomic mass is 32.2. The normalized spacial score (nSPS) is 18.3. The molecule has 4 rings (SSSR count). The minimum absolute atomic E-state index is 0.148. The number of nitrogens with one attached hydrogen (secondary N) is 1. The first kappa shape index (κ1) is 22.4. The second kappa shape index (κ2) is 8.64. The molecule has 0 radical (unpaired) electrons. The summed E-state index contributed by atoms with van der Waals surface area (Å²) in [5.74, 6) is -0.652. The van der Waals surface area contributed by atoms with Crippen LogP contribution in [0.5, 0.6) is 0 Å². The molecular weight excluding hydrogens is 452 g/mol. The van der Waals surface area contributed by atoms with Gasteiger partial charge in [-0.3, -0.25) is 4.79 Å². The predicted octanol–water partition coefficient (Wildman–Crippen LogP) is 1.34. The molecule has 32 heavy (non-hydrogen) atoms. The van der Waals surface area contributed by atoms with Gasteiger partial charge in [0.05, 0.1) is 0 Å². The van der Waals surface area contributed by atoms with Gasteiger partial charge >= 0.3 is 10.2 Å². The predicted molar refractivity (Wildman–Crippen MR) is 119 cm³/mol. The number of amides is 1. The van der Waals surface area contributed by atoms with Crippen LogP contribution in [0.4, 0.5) is 0 Å². The van der Waals surface area contributed by atoms with Crippen molar-refractivity contribution in [1.29, 1.82) is 0 Å². The number of fused-ring (bicyclic) bond motifs is 1. The Morgan fingerprint density at radius 2 is 1.72 bits per heavy atom. The van der Waals surface area contributed by atoms with Crippen molar-refractivity contribution < 1.29 is 21.6 Å². The third-order valence-corrected chi connectivity index (χ3v) is 8.40. The molecule has 11 heteroatoms. The number of amidine groups is 1. The highest BCUT2D eigenvalue weighted by Crippen LogP contribution is 2.29. The fourth-order valence-electron chi connectivity index (χ4n) is 3.88. The highest BCUT2D eigenvalue weighted by Gasteiger charge is 2.35. The second-order valence-electron chi connectivity index (χ2n) is 7.86. The smallest absolute Gasteiger partial charge is 0.303 e. The molecule has 2 aliphatic heterocycles. The van der Waals surface area contributed by atoms with Crippen LogP contribution >= 0.6 is 0 Å². The Morgan fingerprint density at radius 3 is 2.41 bits per heavy atom. The van der Waals surface area contributed by atoms with Gasteiger partial charge in [0.15, 0.2) is 5.84 Å². The van der Waals surface area contributed by atoms with Crippen LogP contribution in [0, 0.1) is 5.92 Å². The zero-order valence-corrected chi connectivity index (χ0v) is 19.1. The zero-order valence-electron chi connectivity index (χ0n) is 17.5. The van der Waals surface area contributed by atoms with Gasteiger partial charge in [-0.1, -0.05) is 42.5 Å². The van der Waals surface area contributed by atoms with Crippen molar-refractivity contribution in [2.75, 3.05) is 20.1 Å². The topological polar surface area (TPSA) is 116 Å². The molecule has 2 aromatic rings. The van der Waals surface area contributed by atoms with Crippen molar-refractivity contribution >= 4 is 32.0 Å². The number of benzene rings is 2. The lowest BCUT2D eigenvalue weighted by Gasteiger charge is -2.32. The molecule has 2 heterocycles. The van der Waals surface area contributed by atoms with Crippen LogP contribution in [0.15, 0.2) is 63.9 Å². The minimum Gasteiger partial charge on any atom is -0.355 e. The van der Waals surface area contributed by atoms with Crippen molar-refractivity contribution in [3.05, 3.63) is 65.7 Å². The largest absolute Gasteiger partial charge is 0.355 e. The van der Waals surface area contributed by atoms with E-state index in [9.17, 15) is 21.6 Å². The molecule has 1 amide bonds. The van der Waals surface area contributed by atoms with Gasteiger partial charge in [0.1, 0.15) is 4.90 Å². The number of carbonyl (C=O) groups excluding carboxylic acids is 1. The first-order chi connectivity index (χ1) is 15.2. The Balaban J connectivity index is 1.37. The van der Waals surface area contributed by atoms with Gasteiger partial charge in [-0.15, -0.1) is 4.40 Å². The lowest BCUT2D eigenvalue weighted by Crippen LogP contribution is -2.47. The summed E-state index contributed by atoms with van der Waals surface area (Å²) in [5.41, 5.74) is 1.37. The molecule has 170 valence electrons. The summed E-state index contributed by atoms with van der Waals surface area (Å²) >= 11 is 0. The third-order valence-electron chi connectivity index (χ3n) is 5.67. The molecule has 1 fully saturated rings. The van der Waals surface area contributed by atoms with Crippen LogP contribution in [0.2, 0.25) is 0 Å². The van der Waals surface area contributed by atoms with E-state index in [1.807, 2.05) is 35.2 Å². The van der Waals surface area contributed by atoms with Crippen molar-refractivity contribution in [2.24, 2.45) is 10.3 Å². The Bertz CT molecular complexity index is 1250. The van der Waals surface area contributed by atoms with Crippen LogP contribution in [0.25, 0.3) is 0 Å². The van der Waals surface area contributed by atoms with Crippen molar-refractivity contribution in [2.45, 2.75) is 24.3 Å². The average Bonchev–Trinajstić information content (AvgIpc) is 3.05. The van der Waals surface area contributed by atoms with E-state index in [-0.39, 0.29) is 11.4 Å². The quantitative estimate of drug-likeness (QED) is 0.696. The second-order valence-corrected chi connectivity index (χ2v) is 11.2. The minimum atomic E-state index is -3.97. The molecule has 0 saturated carbocycles. The number of hydrogen-bond donors (Lipinski definition) is 1. The van der Waals surface area contributed by atoms with E-state index in [1.54, 1.807) is 18.2 Å². The number of hydrogen-bond acceptors (Lipinski definition) is 6. The molecule has 2 aromatic carbocycles. The summed E-state index contributed by atoms with van der Waals surface area (Å²) in [5, 5.41) is 0. The van der Waals surface area contributed by atoms with Gasteiger partial charge in [0, 0.05) is 38.2 Å². The monoisotopic (exact) mass is 476 g/mol. The number of piperidine rings is 1. The lowest BCUT2D eigenvalue weighted by molar-refractivity contribution is -0.124. The van der Waals surface area contributed by atoms with Crippen LogP contribution in [0.3, 0.4) is 0 Å². The molecule has 0 atom stereocenters. The fraction of sp³-hybridized carbons (Fsp3) is 0.333. The highest BCUT2D eigenvalue weighted by molar-refractivity contribution is 7.90. The maximum atomic E-state index is 12.6. The Hall–Kier alpha value is -2.76. The molecule has 1 saturated heterocycles. The maximum Gasteiger partial charge on any atom is 0.303 e. The van der Waals surface area contributed by atoms with Gasteiger partial charge in [-0.05, 0) is 30.5 Å². The van der Waals surface area contributed by atoms with E-state index in [2.05, 4.69) is 9.12 Å². The Morgan fingerprint density at radius 1 is 1.09 bits per heavy atom. The van der Waals surface area contributed by atoms with Crippen LogP contribution < -0.4 is 4.72 Å². The summed E-state index contributed by atoms with van der Waals surface area (Å²) in [6.45, 7) is 0.955. The van der Waals surface area contributed by atoms with Gasteiger partial charge in [-0.25, -0.2) is 4.72 Å². The van der Waals surface area contributed by atoms with Crippen LogP contribution in [-0.2, 0) is 31.6 Å². The van der Waals surface area contributed by atoms with Crippen molar-refractivity contribution in [3.63, 3.8) is 0 Å². The van der Waals surface area contributed by atoms with Gasteiger partial charge in [0.2, 0.25) is 5.91 Å². The third kappa shape index (κ3) is 4.54. The SMILES string of the molecule is CN(Cc1ccccc1)S(=O)(=O)NC(=O)C1CCN(C2=NS(=O)(=O)c3ccccc32)CC1.